The van der Waals surface area contributed by atoms with Gasteiger partial charge in [0.25, 0.3) is 5.56 Å². The van der Waals surface area contributed by atoms with E-state index < -0.39 is 0 Å². The van der Waals surface area contributed by atoms with Crippen LogP contribution >= 0.6 is 0 Å². The molecule has 0 aliphatic carbocycles. The molecule has 0 unspecified atom stereocenters. The predicted octanol–water partition coefficient (Wildman–Crippen LogP) is 2.97. The summed E-state index contributed by atoms with van der Waals surface area (Å²) in [6.45, 7) is 0.505. The lowest BCUT2D eigenvalue weighted by Gasteiger charge is -2.07. The number of rotatable bonds is 7. The van der Waals surface area contributed by atoms with Crippen LogP contribution in [0.2, 0.25) is 0 Å². The Hall–Kier alpha value is -3.15. The molecule has 0 saturated heterocycles. The second kappa shape index (κ2) is 8.49. The molecule has 6 heteroatoms. The molecule has 27 heavy (non-hydrogen) atoms. The second-order valence-corrected chi connectivity index (χ2v) is 6.31. The van der Waals surface area contributed by atoms with E-state index in [1.165, 1.54) is 18.2 Å². The lowest BCUT2D eigenvalue weighted by atomic mass is 10.1. The number of aromatic nitrogens is 1. The van der Waals surface area contributed by atoms with E-state index in [2.05, 4.69) is 10.3 Å². The first-order valence-electron chi connectivity index (χ1n) is 8.76. The quantitative estimate of drug-likeness (QED) is 0.674. The summed E-state index contributed by atoms with van der Waals surface area (Å²) in [6, 6.07) is 13.5. The maximum Gasteiger partial charge on any atom is 0.251 e. The maximum absolute atomic E-state index is 13.3. The number of carbonyl (C=O) groups excluding carboxylic acids is 1. The number of hydrogen-bond acceptors (Lipinski definition) is 3. The van der Waals surface area contributed by atoms with E-state index in [4.69, 9.17) is 4.74 Å². The molecule has 3 aromatic rings. The zero-order valence-corrected chi connectivity index (χ0v) is 15.0. The average Bonchev–Trinajstić information content (AvgIpc) is 2.67. The van der Waals surface area contributed by atoms with Crippen LogP contribution in [0.5, 0.6) is 5.75 Å². The summed E-state index contributed by atoms with van der Waals surface area (Å²) in [7, 11) is 1.61. The molecule has 2 aromatic carbocycles. The smallest absolute Gasteiger partial charge is 0.251 e. The number of amides is 1. The second-order valence-electron chi connectivity index (χ2n) is 6.31. The molecule has 3 rings (SSSR count). The minimum Gasteiger partial charge on any atom is -0.497 e. The molecular weight excluding hydrogens is 347 g/mol. The van der Waals surface area contributed by atoms with Crippen LogP contribution in [0.1, 0.15) is 17.5 Å². The van der Waals surface area contributed by atoms with E-state index in [0.717, 1.165) is 11.3 Å². The van der Waals surface area contributed by atoms with Gasteiger partial charge in [-0.15, -0.1) is 0 Å². The number of ether oxygens (including phenoxy) is 1. The normalized spacial score (nSPS) is 10.7. The number of benzene rings is 2. The number of aryl methyl sites for hydroxylation is 1. The Morgan fingerprint density at radius 1 is 1.15 bits per heavy atom. The number of hydrogen-bond donors (Lipinski definition) is 2. The van der Waals surface area contributed by atoms with Crippen molar-refractivity contribution in [1.82, 2.24) is 10.3 Å². The predicted molar refractivity (Wildman–Crippen MR) is 103 cm³/mol. The zero-order chi connectivity index (χ0) is 19.2. The largest absolute Gasteiger partial charge is 0.497 e. The van der Waals surface area contributed by atoms with Crippen molar-refractivity contribution >= 4 is 16.8 Å². The number of pyridine rings is 1. The van der Waals surface area contributed by atoms with E-state index in [1.807, 2.05) is 24.3 Å². The summed E-state index contributed by atoms with van der Waals surface area (Å²) in [5.41, 5.74) is 1.87. The van der Waals surface area contributed by atoms with Gasteiger partial charge in [-0.2, -0.15) is 0 Å². The van der Waals surface area contributed by atoms with Gasteiger partial charge in [0.2, 0.25) is 5.91 Å². The summed E-state index contributed by atoms with van der Waals surface area (Å²) < 4.78 is 18.5. The third-order valence-corrected chi connectivity index (χ3v) is 4.37. The molecule has 1 amide bonds. The number of methoxy groups -OCH3 is 1. The first-order valence-corrected chi connectivity index (χ1v) is 8.76. The Kier molecular flexibility index (Phi) is 5.86. The molecule has 0 radical (unpaired) electrons. The fourth-order valence-electron chi connectivity index (χ4n) is 2.92. The Morgan fingerprint density at radius 3 is 2.81 bits per heavy atom. The summed E-state index contributed by atoms with van der Waals surface area (Å²) in [5.74, 6) is 0.290. The van der Waals surface area contributed by atoms with Crippen LogP contribution < -0.4 is 15.6 Å². The first kappa shape index (κ1) is 18.6. The highest BCUT2D eigenvalue weighted by molar-refractivity contribution is 5.79. The molecular formula is C21H21FN2O3. The molecule has 0 saturated carbocycles. The molecule has 0 bridgehead atoms. The Morgan fingerprint density at radius 2 is 2.00 bits per heavy atom. The highest BCUT2D eigenvalue weighted by Gasteiger charge is 2.07. The molecule has 1 heterocycles. The number of fused-ring (bicyclic) bond motifs is 1. The number of H-pyrrole nitrogens is 1. The number of nitrogens with one attached hydrogen (secondary N) is 2. The molecule has 1 aromatic heterocycles. The minimum absolute atomic E-state index is 0.128. The lowest BCUT2D eigenvalue weighted by Crippen LogP contribution is -2.26. The van der Waals surface area contributed by atoms with E-state index in [9.17, 15) is 14.0 Å². The maximum atomic E-state index is 13.3. The van der Waals surface area contributed by atoms with Gasteiger partial charge >= 0.3 is 0 Å². The van der Waals surface area contributed by atoms with Gasteiger partial charge < -0.3 is 15.0 Å². The summed E-state index contributed by atoms with van der Waals surface area (Å²) in [5, 5.41) is 3.47. The highest BCUT2D eigenvalue weighted by Crippen LogP contribution is 2.14. The Labute approximate surface area is 156 Å². The molecule has 0 fully saturated rings. The van der Waals surface area contributed by atoms with Crippen LogP contribution in [0, 0.1) is 5.82 Å². The number of carbonyl (C=O) groups is 1. The molecule has 0 atom stereocenters. The Bertz CT molecular complexity index is 1010. The van der Waals surface area contributed by atoms with E-state index in [0.29, 0.717) is 35.9 Å². The molecule has 2 N–H and O–H groups in total. The van der Waals surface area contributed by atoms with Crippen LogP contribution in [0.3, 0.4) is 0 Å². The van der Waals surface area contributed by atoms with Crippen molar-refractivity contribution in [3.63, 3.8) is 0 Å². The van der Waals surface area contributed by atoms with E-state index in [1.54, 1.807) is 13.2 Å². The van der Waals surface area contributed by atoms with Crippen LogP contribution in [-0.2, 0) is 17.6 Å². The highest BCUT2D eigenvalue weighted by atomic mass is 19.1. The van der Waals surface area contributed by atoms with Crippen LogP contribution in [0.25, 0.3) is 10.9 Å². The van der Waals surface area contributed by atoms with Crippen molar-refractivity contribution in [2.75, 3.05) is 13.7 Å². The van der Waals surface area contributed by atoms with Crippen molar-refractivity contribution in [3.05, 3.63) is 75.8 Å². The van der Waals surface area contributed by atoms with Gasteiger partial charge in [-0.1, -0.05) is 12.1 Å². The standard InChI is InChI=1S/C21H21FN2O3/c1-27-18-4-2-3-14(11-18)9-10-23-20(25)8-5-15-12-16-13-17(22)6-7-19(16)24-21(15)26/h2-4,6-7,11-13H,5,8-10H2,1H3,(H,23,25)(H,24,26). The Balaban J connectivity index is 1.53. The third-order valence-electron chi connectivity index (χ3n) is 4.37. The molecule has 0 spiro atoms. The monoisotopic (exact) mass is 368 g/mol. The molecule has 0 aliphatic rings. The van der Waals surface area contributed by atoms with Crippen molar-refractivity contribution < 1.29 is 13.9 Å². The minimum atomic E-state index is -0.365. The van der Waals surface area contributed by atoms with Gasteiger partial charge in [0.1, 0.15) is 11.6 Å². The summed E-state index contributed by atoms with van der Waals surface area (Å²) in [6.07, 6.45) is 1.19. The number of halogens is 1. The van der Waals surface area contributed by atoms with Gasteiger partial charge in [0.15, 0.2) is 0 Å². The van der Waals surface area contributed by atoms with E-state index >= 15 is 0 Å². The topological polar surface area (TPSA) is 71.2 Å². The van der Waals surface area contributed by atoms with Gasteiger partial charge in [0.05, 0.1) is 7.11 Å². The lowest BCUT2D eigenvalue weighted by molar-refractivity contribution is -0.121. The van der Waals surface area contributed by atoms with E-state index in [-0.39, 0.29) is 23.7 Å². The zero-order valence-electron chi connectivity index (χ0n) is 15.0. The average molecular weight is 368 g/mol. The fourth-order valence-corrected chi connectivity index (χ4v) is 2.92. The van der Waals surface area contributed by atoms with Gasteiger partial charge in [-0.25, -0.2) is 4.39 Å². The van der Waals surface area contributed by atoms with Crippen molar-refractivity contribution in [3.8, 4) is 5.75 Å². The number of aromatic amines is 1. The van der Waals surface area contributed by atoms with Gasteiger partial charge in [0, 0.05) is 29.4 Å². The van der Waals surface area contributed by atoms with Crippen molar-refractivity contribution in [2.45, 2.75) is 19.3 Å². The van der Waals surface area contributed by atoms with Gasteiger partial charge in [-0.3, -0.25) is 9.59 Å². The molecule has 5 nitrogen and oxygen atoms in total. The fraction of sp³-hybridized carbons (Fsp3) is 0.238. The first-order chi connectivity index (χ1) is 13.0. The van der Waals surface area contributed by atoms with Crippen LogP contribution in [-0.4, -0.2) is 24.5 Å². The van der Waals surface area contributed by atoms with Crippen LogP contribution in [0.4, 0.5) is 4.39 Å². The molecule has 140 valence electrons. The van der Waals surface area contributed by atoms with Gasteiger partial charge in [-0.05, 0) is 54.8 Å². The summed E-state index contributed by atoms with van der Waals surface area (Å²) in [4.78, 5) is 26.9. The van der Waals surface area contributed by atoms with Crippen LogP contribution in [0.15, 0.2) is 53.3 Å². The SMILES string of the molecule is COc1cccc(CCNC(=O)CCc2cc3cc(F)ccc3[nH]c2=O)c1. The van der Waals surface area contributed by atoms with Crippen molar-refractivity contribution in [1.29, 1.82) is 0 Å². The molecule has 0 aliphatic heterocycles. The van der Waals surface area contributed by atoms with Crippen molar-refractivity contribution in [2.24, 2.45) is 0 Å². The summed E-state index contributed by atoms with van der Waals surface area (Å²) >= 11 is 0. The third kappa shape index (κ3) is 4.94.